The molecule has 0 spiro atoms. The number of hydrogen-bond acceptors (Lipinski definition) is 2. The van der Waals surface area contributed by atoms with Crippen LogP contribution in [-0.2, 0) is 4.79 Å². The van der Waals surface area contributed by atoms with E-state index in [9.17, 15) is 9.59 Å². The normalized spacial score (nSPS) is 8.93. The molecule has 0 unspecified atom stereocenters. The lowest BCUT2D eigenvalue weighted by Gasteiger charge is -2.02. The molecule has 4 heteroatoms. The van der Waals surface area contributed by atoms with E-state index in [0.717, 1.165) is 0 Å². The Kier molecular flexibility index (Phi) is 5.86. The smallest absolute Gasteiger partial charge is 0.235 e. The summed E-state index contributed by atoms with van der Waals surface area (Å²) in [4.78, 5) is 21.9. The topological polar surface area (TPSA) is 46.2 Å². The molecule has 0 aliphatic heterocycles. The van der Waals surface area contributed by atoms with Gasteiger partial charge in [0.2, 0.25) is 5.91 Å². The van der Waals surface area contributed by atoms with Crippen molar-refractivity contribution < 1.29 is 9.59 Å². The minimum absolute atomic E-state index is 0. The zero-order chi connectivity index (χ0) is 10.6. The van der Waals surface area contributed by atoms with Crippen molar-refractivity contribution in [2.75, 3.05) is 10.6 Å². The number of amides is 1. The van der Waals surface area contributed by atoms with E-state index in [-0.39, 0.29) is 24.4 Å². The van der Waals surface area contributed by atoms with Gasteiger partial charge in [-0.05, 0) is 31.2 Å². The molecular weight excluding hydrogens is 258 g/mol. The molecule has 1 aromatic rings. The van der Waals surface area contributed by atoms with E-state index in [1.807, 2.05) is 0 Å². The minimum atomic E-state index is -0.111. The molecule has 0 aliphatic rings. The van der Waals surface area contributed by atoms with Crippen LogP contribution in [0.1, 0.15) is 24.7 Å². The maximum Gasteiger partial charge on any atom is 0.235 e. The lowest BCUT2D eigenvalue weighted by atomic mass is 10.1. The van der Waals surface area contributed by atoms with Crippen LogP contribution in [-0.4, -0.2) is 17.0 Å². The average molecular weight is 272 g/mol. The standard InChI is InChI=1S/C10H10BrNO2.CH4/c1-7(13)8-2-4-9(5-3-8)12-10(14)6-11;/h2-5H,6H2,1H3,(H,12,14);1H4. The van der Waals surface area contributed by atoms with E-state index in [4.69, 9.17) is 0 Å². The predicted molar refractivity (Wildman–Crippen MR) is 65.6 cm³/mol. The van der Waals surface area contributed by atoms with E-state index < -0.39 is 0 Å². The predicted octanol–water partition coefficient (Wildman–Crippen LogP) is 2.86. The number of Topliss-reactive ketones (excluding diaryl/α,β-unsaturated/α-hetero) is 1. The Morgan fingerprint density at radius 1 is 1.27 bits per heavy atom. The first-order chi connectivity index (χ1) is 6.63. The number of anilines is 1. The van der Waals surface area contributed by atoms with Gasteiger partial charge in [-0.1, -0.05) is 23.4 Å². The first kappa shape index (κ1) is 13.8. The highest BCUT2D eigenvalue weighted by Gasteiger charge is 2.01. The van der Waals surface area contributed by atoms with E-state index in [0.29, 0.717) is 11.3 Å². The van der Waals surface area contributed by atoms with E-state index in [2.05, 4.69) is 21.2 Å². The molecule has 15 heavy (non-hydrogen) atoms. The zero-order valence-electron chi connectivity index (χ0n) is 7.71. The molecule has 82 valence electrons. The van der Waals surface area contributed by atoms with Gasteiger partial charge in [0.15, 0.2) is 5.78 Å². The Hall–Kier alpha value is -1.16. The Bertz CT molecular complexity index is 346. The summed E-state index contributed by atoms with van der Waals surface area (Å²) in [7, 11) is 0. The van der Waals surface area contributed by atoms with Crippen LogP contribution in [0.4, 0.5) is 5.69 Å². The second kappa shape index (κ2) is 6.35. The fourth-order valence-electron chi connectivity index (χ4n) is 0.983. The van der Waals surface area contributed by atoms with Gasteiger partial charge >= 0.3 is 0 Å². The van der Waals surface area contributed by atoms with Crippen molar-refractivity contribution in [3.63, 3.8) is 0 Å². The Labute approximate surface area is 98.0 Å². The van der Waals surface area contributed by atoms with Crippen molar-refractivity contribution >= 4 is 33.3 Å². The zero-order valence-corrected chi connectivity index (χ0v) is 9.30. The summed E-state index contributed by atoms with van der Waals surface area (Å²) in [6, 6.07) is 6.78. The molecule has 1 aromatic carbocycles. The number of hydrogen-bond donors (Lipinski definition) is 1. The third-order valence-electron chi connectivity index (χ3n) is 1.70. The summed E-state index contributed by atoms with van der Waals surface area (Å²) in [6.07, 6.45) is 0. The van der Waals surface area contributed by atoms with Crippen LogP contribution in [0.5, 0.6) is 0 Å². The van der Waals surface area contributed by atoms with Gasteiger partial charge in [0, 0.05) is 11.3 Å². The fourth-order valence-corrected chi connectivity index (χ4v) is 1.12. The summed E-state index contributed by atoms with van der Waals surface area (Å²) >= 11 is 3.04. The van der Waals surface area contributed by atoms with Crippen LogP contribution in [0, 0.1) is 0 Å². The Morgan fingerprint density at radius 3 is 2.20 bits per heavy atom. The molecule has 0 aromatic heterocycles. The summed E-state index contributed by atoms with van der Waals surface area (Å²) < 4.78 is 0. The van der Waals surface area contributed by atoms with Crippen molar-refractivity contribution in [1.29, 1.82) is 0 Å². The molecule has 3 nitrogen and oxygen atoms in total. The van der Waals surface area contributed by atoms with Gasteiger partial charge in [0.1, 0.15) is 0 Å². The number of halogens is 1. The maximum absolute atomic E-state index is 11.0. The first-order valence-corrected chi connectivity index (χ1v) is 5.22. The van der Waals surface area contributed by atoms with E-state index in [1.54, 1.807) is 24.3 Å². The highest BCUT2D eigenvalue weighted by molar-refractivity contribution is 9.09. The largest absolute Gasteiger partial charge is 0.325 e. The van der Waals surface area contributed by atoms with Crippen LogP contribution in [0.3, 0.4) is 0 Å². The SMILES string of the molecule is C.CC(=O)c1ccc(NC(=O)CBr)cc1. The summed E-state index contributed by atoms with van der Waals surface area (Å²) in [5.41, 5.74) is 1.33. The average Bonchev–Trinajstić information content (AvgIpc) is 2.18. The summed E-state index contributed by atoms with van der Waals surface area (Å²) in [6.45, 7) is 1.51. The summed E-state index contributed by atoms with van der Waals surface area (Å²) in [5, 5.41) is 2.93. The Morgan fingerprint density at radius 2 is 1.80 bits per heavy atom. The number of benzene rings is 1. The molecule has 0 saturated heterocycles. The van der Waals surface area contributed by atoms with Crippen molar-refractivity contribution in [3.8, 4) is 0 Å². The summed E-state index contributed by atoms with van der Waals surface area (Å²) in [5.74, 6) is -0.0936. The van der Waals surface area contributed by atoms with Gasteiger partial charge in [0.05, 0.1) is 5.33 Å². The molecule has 1 N–H and O–H groups in total. The lowest BCUT2D eigenvalue weighted by molar-refractivity contribution is -0.113. The van der Waals surface area contributed by atoms with Crippen LogP contribution in [0.15, 0.2) is 24.3 Å². The molecule has 0 fully saturated rings. The number of carbonyl (C=O) groups excluding carboxylic acids is 2. The lowest BCUT2D eigenvalue weighted by Crippen LogP contribution is -2.12. The number of alkyl halides is 1. The quantitative estimate of drug-likeness (QED) is 0.679. The number of nitrogens with one attached hydrogen (secondary N) is 1. The minimum Gasteiger partial charge on any atom is -0.325 e. The highest BCUT2D eigenvalue weighted by Crippen LogP contribution is 2.09. The second-order valence-corrected chi connectivity index (χ2v) is 3.38. The van der Waals surface area contributed by atoms with E-state index in [1.165, 1.54) is 6.92 Å². The van der Waals surface area contributed by atoms with Crippen LogP contribution in [0.25, 0.3) is 0 Å². The molecule has 0 bridgehead atoms. The molecule has 0 heterocycles. The maximum atomic E-state index is 11.0. The molecular formula is C11H14BrNO2. The van der Waals surface area contributed by atoms with Gasteiger partial charge in [-0.15, -0.1) is 0 Å². The van der Waals surface area contributed by atoms with Gasteiger partial charge in [-0.25, -0.2) is 0 Å². The molecule has 0 aliphatic carbocycles. The van der Waals surface area contributed by atoms with Crippen molar-refractivity contribution in [2.45, 2.75) is 14.4 Å². The van der Waals surface area contributed by atoms with Crippen LogP contribution in [0.2, 0.25) is 0 Å². The monoisotopic (exact) mass is 271 g/mol. The molecule has 0 atom stereocenters. The fraction of sp³-hybridized carbons (Fsp3) is 0.273. The molecule has 1 amide bonds. The third-order valence-corrected chi connectivity index (χ3v) is 2.21. The number of ketones is 1. The van der Waals surface area contributed by atoms with Gasteiger partial charge < -0.3 is 5.32 Å². The van der Waals surface area contributed by atoms with Crippen LogP contribution >= 0.6 is 15.9 Å². The van der Waals surface area contributed by atoms with Crippen molar-refractivity contribution in [3.05, 3.63) is 29.8 Å². The van der Waals surface area contributed by atoms with E-state index >= 15 is 0 Å². The van der Waals surface area contributed by atoms with Crippen molar-refractivity contribution in [2.24, 2.45) is 0 Å². The molecule has 1 rings (SSSR count). The number of carbonyl (C=O) groups is 2. The van der Waals surface area contributed by atoms with Gasteiger partial charge in [-0.3, -0.25) is 9.59 Å². The van der Waals surface area contributed by atoms with Crippen LogP contribution < -0.4 is 5.32 Å². The van der Waals surface area contributed by atoms with Gasteiger partial charge in [-0.2, -0.15) is 0 Å². The number of rotatable bonds is 3. The Balaban J connectivity index is 0.00000196. The molecule has 0 radical (unpaired) electrons. The second-order valence-electron chi connectivity index (χ2n) is 2.82. The van der Waals surface area contributed by atoms with Crippen molar-refractivity contribution in [1.82, 2.24) is 0 Å². The van der Waals surface area contributed by atoms with Gasteiger partial charge in [0.25, 0.3) is 0 Å². The third kappa shape index (κ3) is 4.25. The molecule has 0 saturated carbocycles. The highest BCUT2D eigenvalue weighted by atomic mass is 79.9. The first-order valence-electron chi connectivity index (χ1n) is 4.10.